The molecule has 29 heteroatoms. The number of nitrogens with zero attached hydrogens (tertiary/aromatic N) is 5. The van der Waals surface area contributed by atoms with Crippen LogP contribution in [0.4, 0.5) is 5.82 Å². The number of hydrogen-bond acceptors (Lipinski definition) is 19. The molecule has 2 aliphatic rings. The summed E-state index contributed by atoms with van der Waals surface area (Å²) in [5.41, 5.74) is 14.6. The fraction of sp³-hybridized carbons (Fsp3) is 0.600. The van der Waals surface area contributed by atoms with Crippen LogP contribution in [-0.4, -0.2) is 143 Å². The number of aliphatic hydroxyl groups excluding tert-OH is 4. The first-order valence-electron chi connectivity index (χ1n) is 15.5. The molecule has 54 heavy (non-hydrogen) atoms. The molecule has 5 rings (SSSR count). The Morgan fingerprint density at radius 3 is 1.93 bits per heavy atom. The van der Waals surface area contributed by atoms with Crippen molar-refractivity contribution >= 4 is 38.6 Å². The number of rotatable bonds is 13. The Labute approximate surface area is 302 Å². The first-order chi connectivity index (χ1) is 25.1. The van der Waals surface area contributed by atoms with Crippen LogP contribution in [0.15, 0.2) is 34.5 Å². The van der Waals surface area contributed by atoms with Gasteiger partial charge >= 0.3 is 27.3 Å². The number of nitrogens with one attached hydrogen (secondary N) is 1. The third kappa shape index (κ3) is 12.5. The van der Waals surface area contributed by atoms with Gasteiger partial charge in [0.15, 0.2) is 23.6 Å². The summed E-state index contributed by atoms with van der Waals surface area (Å²) in [4.78, 5) is 81.5. The zero-order valence-electron chi connectivity index (χ0n) is 27.8. The Morgan fingerprint density at radius 2 is 1.44 bits per heavy atom. The van der Waals surface area contributed by atoms with Gasteiger partial charge in [0.1, 0.15) is 48.5 Å². The fourth-order valence-corrected chi connectivity index (χ4v) is 5.52. The highest BCUT2D eigenvalue weighted by Crippen LogP contribution is 2.39. The summed E-state index contributed by atoms with van der Waals surface area (Å²) < 4.78 is 42.5. The summed E-state index contributed by atoms with van der Waals surface area (Å²) in [5, 5.41) is 47.9. The maximum Gasteiger partial charge on any atom is 0.469 e. The molecule has 0 amide bonds. The normalized spacial score (nSPS) is 26.1. The second kappa shape index (κ2) is 19.3. The quantitative estimate of drug-likeness (QED) is 0.0567. The van der Waals surface area contributed by atoms with Crippen molar-refractivity contribution in [1.82, 2.24) is 29.1 Å². The van der Waals surface area contributed by atoms with Crippen molar-refractivity contribution in [3.05, 3.63) is 45.8 Å². The minimum absolute atomic E-state index is 0.0210. The highest BCUT2D eigenvalue weighted by molar-refractivity contribution is 7.46. The summed E-state index contributed by atoms with van der Waals surface area (Å²) in [6.45, 7) is -0.678. The van der Waals surface area contributed by atoms with Gasteiger partial charge in [-0.3, -0.25) is 27.8 Å². The van der Waals surface area contributed by atoms with E-state index < -0.39 is 101 Å². The van der Waals surface area contributed by atoms with Crippen molar-refractivity contribution in [2.45, 2.75) is 74.4 Å². The predicted molar refractivity (Wildman–Crippen MR) is 177 cm³/mol. The van der Waals surface area contributed by atoms with Crippen molar-refractivity contribution in [2.75, 3.05) is 25.5 Å². The average Bonchev–Trinajstić information content (AvgIpc) is 3.73. The fourth-order valence-electron chi connectivity index (χ4n) is 4.84. The molecule has 304 valence electrons. The lowest BCUT2D eigenvalue weighted by atomic mass is 10.1. The van der Waals surface area contributed by atoms with Gasteiger partial charge in [0.05, 0.1) is 25.9 Å². The van der Waals surface area contributed by atoms with Gasteiger partial charge < -0.3 is 76.8 Å². The summed E-state index contributed by atoms with van der Waals surface area (Å²) >= 11 is 0. The number of ether oxygens (including phenoxy) is 2. The molecule has 0 saturated carbocycles. The molecule has 2 saturated heterocycles. The number of carboxylic acids is 1. The number of imidazole rings is 1. The standard InChI is InChI=1S/C10H13N4O8P.C9H14N3O8P.C6H14N2O2/c15-6-4(1-21-23(18,19)20)22-10(7(6)16)14-3-13-5-8(14)11-2-12-9(5)17;10-5-1-2-12(9(15)11-5)8-7(14)6(13)4(20-8)3-19-21(16,17)18;7-4-2-1-3-5(8)6(9)10/h2-4,6-7,10,15-16H,1H2,(H,11,12,17)(H2,18,19,20);1-2,4,6-8,13-14H,3H2,(H2,10,11,15)(H2,16,17,18);5H,1-4,7-8H2,(H,9,10). The Hall–Kier alpha value is -3.60. The van der Waals surface area contributed by atoms with E-state index >= 15 is 0 Å². The van der Waals surface area contributed by atoms with E-state index in [9.17, 15) is 43.9 Å². The third-order valence-electron chi connectivity index (χ3n) is 7.54. The number of unbranched alkanes of at least 4 members (excludes halogenated alkanes) is 1. The van der Waals surface area contributed by atoms with E-state index in [0.717, 1.165) is 23.7 Å². The van der Waals surface area contributed by atoms with E-state index in [1.165, 1.54) is 23.2 Å². The molecule has 9 atom stereocenters. The van der Waals surface area contributed by atoms with Crippen molar-refractivity contribution in [3.8, 4) is 0 Å². The maximum atomic E-state index is 11.6. The third-order valence-corrected chi connectivity index (χ3v) is 8.51. The Bertz CT molecular complexity index is 1900. The summed E-state index contributed by atoms with van der Waals surface area (Å²) in [6, 6.07) is 0.579. The van der Waals surface area contributed by atoms with Gasteiger partial charge in [-0.25, -0.2) is 23.9 Å². The van der Waals surface area contributed by atoms with Gasteiger partial charge in [0.2, 0.25) is 0 Å². The molecule has 3 aromatic rings. The smallest absolute Gasteiger partial charge is 0.469 e. The van der Waals surface area contributed by atoms with E-state index in [1.54, 1.807) is 0 Å². The molecule has 0 radical (unpaired) electrons. The maximum absolute atomic E-state index is 11.6. The van der Waals surface area contributed by atoms with Crippen LogP contribution in [0.5, 0.6) is 0 Å². The first kappa shape index (κ1) is 44.8. The largest absolute Gasteiger partial charge is 0.480 e. The summed E-state index contributed by atoms with van der Waals surface area (Å²) in [7, 11) is -9.48. The minimum Gasteiger partial charge on any atom is -0.480 e. The molecule has 5 heterocycles. The second-order valence-electron chi connectivity index (χ2n) is 11.5. The Balaban J connectivity index is 0.000000235. The van der Waals surface area contributed by atoms with Crippen molar-refractivity contribution in [2.24, 2.45) is 11.5 Å². The lowest BCUT2D eigenvalue weighted by Crippen LogP contribution is -2.36. The van der Waals surface area contributed by atoms with Gasteiger partial charge in [-0.15, -0.1) is 0 Å². The Morgan fingerprint density at radius 1 is 0.907 bits per heavy atom. The number of aromatic amines is 1. The molecule has 2 fully saturated rings. The molecule has 27 nitrogen and oxygen atoms in total. The number of aliphatic carboxylic acids is 1. The van der Waals surface area contributed by atoms with Gasteiger partial charge in [-0.2, -0.15) is 4.98 Å². The molecule has 9 unspecified atom stereocenters. The monoisotopic (exact) mass is 817 g/mol. The number of aromatic nitrogens is 6. The second-order valence-corrected chi connectivity index (χ2v) is 14.0. The number of nitrogens with two attached hydrogens (primary N) is 3. The van der Waals surface area contributed by atoms with Crippen LogP contribution < -0.4 is 28.5 Å². The number of carbonyl (C=O) groups is 1. The number of hydrogen-bond donors (Lipinski definition) is 13. The van der Waals surface area contributed by atoms with Crippen LogP contribution in [0, 0.1) is 0 Å². The zero-order valence-corrected chi connectivity index (χ0v) is 29.6. The van der Waals surface area contributed by atoms with Crippen LogP contribution in [0.1, 0.15) is 31.7 Å². The van der Waals surface area contributed by atoms with E-state index in [1.807, 2.05) is 0 Å². The number of phosphoric ester groups is 2. The van der Waals surface area contributed by atoms with Crippen LogP contribution in [-0.2, 0) is 32.4 Å². The van der Waals surface area contributed by atoms with Crippen molar-refractivity contribution in [3.63, 3.8) is 0 Å². The first-order valence-corrected chi connectivity index (χ1v) is 18.6. The number of H-pyrrole nitrogens is 1. The highest BCUT2D eigenvalue weighted by atomic mass is 31.2. The number of carboxylic acid groups (broad SMARTS) is 1. The van der Waals surface area contributed by atoms with Crippen molar-refractivity contribution < 1.29 is 77.6 Å². The number of anilines is 1. The molecular weight excluding hydrogens is 776 g/mol. The minimum atomic E-state index is -4.74. The topological polar surface area (TPSA) is 447 Å². The van der Waals surface area contributed by atoms with Gasteiger partial charge in [0, 0.05) is 6.20 Å². The predicted octanol–water partition coefficient (Wildman–Crippen LogP) is -5.07. The molecular formula is C25H41N9O18P2. The number of nitrogen functional groups attached to an aromatic ring is 1. The Kier molecular flexibility index (Phi) is 16.0. The molecule has 2 aliphatic heterocycles. The zero-order chi connectivity index (χ0) is 40.5. The van der Waals surface area contributed by atoms with Crippen LogP contribution in [0.3, 0.4) is 0 Å². The molecule has 16 N–H and O–H groups in total. The number of fused-ring (bicyclic) bond motifs is 1. The van der Waals surface area contributed by atoms with E-state index in [2.05, 4.69) is 29.0 Å². The molecule has 0 bridgehead atoms. The van der Waals surface area contributed by atoms with E-state index in [4.69, 9.17) is 51.4 Å². The van der Waals surface area contributed by atoms with Crippen molar-refractivity contribution in [1.29, 1.82) is 0 Å². The van der Waals surface area contributed by atoms with E-state index in [0.29, 0.717) is 13.0 Å². The molecule has 3 aromatic heterocycles. The number of aliphatic hydroxyl groups is 4. The van der Waals surface area contributed by atoms with Crippen LogP contribution in [0.25, 0.3) is 11.2 Å². The van der Waals surface area contributed by atoms with Gasteiger partial charge in [-0.05, 0) is 25.5 Å². The summed E-state index contributed by atoms with van der Waals surface area (Å²) in [6.07, 6.45) is -4.96. The molecule has 0 aromatic carbocycles. The van der Waals surface area contributed by atoms with Gasteiger partial charge in [0.25, 0.3) is 5.56 Å². The SMILES string of the molecule is NCCCCC(N)C(=O)O.Nc1ccn(C2OC(COP(=O)(O)O)C(O)C2O)c(=O)n1.O=c1[nH]cnc2c1ncn2C1OC(COP(=O)(O)O)C(O)C1O. The van der Waals surface area contributed by atoms with Gasteiger partial charge in [-0.1, -0.05) is 6.42 Å². The lowest BCUT2D eigenvalue weighted by molar-refractivity contribution is -0.138. The van der Waals surface area contributed by atoms with Crippen LogP contribution in [0.2, 0.25) is 0 Å². The van der Waals surface area contributed by atoms with Crippen LogP contribution >= 0.6 is 15.6 Å². The lowest BCUT2D eigenvalue weighted by Gasteiger charge is -2.16. The molecule has 0 aliphatic carbocycles. The van der Waals surface area contributed by atoms with E-state index in [-0.39, 0.29) is 17.0 Å². The molecule has 0 spiro atoms. The highest BCUT2D eigenvalue weighted by Gasteiger charge is 2.46. The average molecular weight is 818 g/mol. The summed E-state index contributed by atoms with van der Waals surface area (Å²) in [5.74, 6) is -0.956. The number of phosphoric acid groups is 2.